The zero-order valence-corrected chi connectivity index (χ0v) is 12.6. The molecule has 2 saturated carbocycles. The molecule has 1 aromatic carbocycles. The van der Waals surface area contributed by atoms with E-state index in [2.05, 4.69) is 32.0 Å². The summed E-state index contributed by atoms with van der Waals surface area (Å²) in [7, 11) is 0. The van der Waals surface area contributed by atoms with Gasteiger partial charge in [-0.05, 0) is 60.5 Å². The third-order valence-corrected chi connectivity index (χ3v) is 5.02. The number of halogens is 1. The Morgan fingerprint density at radius 3 is 1.89 bits per heavy atom. The lowest BCUT2D eigenvalue weighted by Gasteiger charge is -2.22. The van der Waals surface area contributed by atoms with Gasteiger partial charge in [-0.25, -0.2) is 0 Å². The van der Waals surface area contributed by atoms with Crippen LogP contribution in [0, 0.1) is 11.8 Å². The van der Waals surface area contributed by atoms with Gasteiger partial charge in [0.1, 0.15) is 5.75 Å². The van der Waals surface area contributed by atoms with Crippen LogP contribution in [0.1, 0.15) is 62.5 Å². The first-order valence-corrected chi connectivity index (χ1v) is 8.07. The third-order valence-electron chi connectivity index (χ3n) is 4.91. The fraction of sp³-hybridized carbons (Fsp3) is 0.647. The second kappa shape index (κ2) is 5.36. The molecule has 19 heavy (non-hydrogen) atoms. The molecular weight excluding hydrogens is 256 g/mol. The minimum atomic E-state index is 0.249. The van der Waals surface area contributed by atoms with Crippen LogP contribution in [-0.2, 0) is 0 Å². The fourth-order valence-electron chi connectivity index (χ4n) is 3.21. The Bertz CT molecular complexity index is 412. The first kappa shape index (κ1) is 13.3. The molecule has 3 rings (SSSR count). The van der Waals surface area contributed by atoms with E-state index in [0.717, 1.165) is 17.6 Å². The summed E-state index contributed by atoms with van der Waals surface area (Å²) in [5, 5.41) is 0. The van der Waals surface area contributed by atoms with Gasteiger partial charge in [-0.2, -0.15) is 0 Å². The Labute approximate surface area is 121 Å². The van der Waals surface area contributed by atoms with Crippen LogP contribution in [-0.4, -0.2) is 6.07 Å². The number of alkyl halides is 1. The zero-order valence-electron chi connectivity index (χ0n) is 11.9. The summed E-state index contributed by atoms with van der Waals surface area (Å²) in [6, 6.07) is 6.91. The Balaban J connectivity index is 1.95. The molecule has 0 amide bonds. The molecule has 0 aliphatic heterocycles. The molecule has 2 atom stereocenters. The van der Waals surface area contributed by atoms with Crippen LogP contribution in [0.3, 0.4) is 0 Å². The van der Waals surface area contributed by atoms with E-state index < -0.39 is 0 Å². The molecule has 0 aromatic heterocycles. The SMILES string of the molecule is C[C@@H](c1cccc([C@H](C)C2CC2)c1OCCl)C1CC1. The molecule has 0 bridgehead atoms. The molecule has 2 aliphatic rings. The minimum Gasteiger partial charge on any atom is -0.477 e. The van der Waals surface area contributed by atoms with E-state index in [1.807, 2.05) is 0 Å². The van der Waals surface area contributed by atoms with Crippen LogP contribution in [0.5, 0.6) is 5.75 Å². The van der Waals surface area contributed by atoms with Crippen LogP contribution < -0.4 is 4.74 Å². The van der Waals surface area contributed by atoms with Crippen molar-refractivity contribution in [2.45, 2.75) is 51.4 Å². The van der Waals surface area contributed by atoms with Crippen molar-refractivity contribution in [3.8, 4) is 5.75 Å². The predicted molar refractivity (Wildman–Crippen MR) is 80.1 cm³/mol. The van der Waals surface area contributed by atoms with E-state index in [4.69, 9.17) is 16.3 Å². The van der Waals surface area contributed by atoms with Gasteiger partial charge in [0.15, 0.2) is 6.07 Å². The highest BCUT2D eigenvalue weighted by Crippen LogP contribution is 2.49. The summed E-state index contributed by atoms with van der Waals surface area (Å²) in [6.45, 7) is 4.67. The molecule has 2 aliphatic carbocycles. The highest BCUT2D eigenvalue weighted by Gasteiger charge is 2.34. The lowest BCUT2D eigenvalue weighted by atomic mass is 9.88. The van der Waals surface area contributed by atoms with Crippen molar-refractivity contribution in [1.29, 1.82) is 0 Å². The van der Waals surface area contributed by atoms with Crippen LogP contribution in [0.2, 0.25) is 0 Å². The maximum atomic E-state index is 5.86. The van der Waals surface area contributed by atoms with Crippen molar-refractivity contribution in [3.05, 3.63) is 29.3 Å². The summed E-state index contributed by atoms with van der Waals surface area (Å²) < 4.78 is 5.83. The second-order valence-electron chi connectivity index (χ2n) is 6.27. The first-order chi connectivity index (χ1) is 9.22. The zero-order chi connectivity index (χ0) is 13.4. The molecule has 0 saturated heterocycles. The molecule has 0 heterocycles. The fourth-order valence-corrected chi connectivity index (χ4v) is 3.32. The minimum absolute atomic E-state index is 0.249. The number of benzene rings is 1. The molecule has 2 fully saturated rings. The van der Waals surface area contributed by atoms with Crippen molar-refractivity contribution in [2.75, 3.05) is 6.07 Å². The molecule has 104 valence electrons. The van der Waals surface area contributed by atoms with Crippen molar-refractivity contribution in [1.82, 2.24) is 0 Å². The highest BCUT2D eigenvalue weighted by atomic mass is 35.5. The second-order valence-corrected chi connectivity index (χ2v) is 6.49. The number of para-hydroxylation sites is 1. The van der Waals surface area contributed by atoms with Crippen molar-refractivity contribution in [3.63, 3.8) is 0 Å². The summed E-state index contributed by atoms with van der Waals surface area (Å²) >= 11 is 5.86. The Morgan fingerprint density at radius 2 is 1.53 bits per heavy atom. The van der Waals surface area contributed by atoms with Gasteiger partial charge in [0.25, 0.3) is 0 Å². The summed E-state index contributed by atoms with van der Waals surface area (Å²) in [5.74, 6) is 3.98. The standard InChI is InChI=1S/C17H23ClO/c1-11(13-6-7-13)15-4-3-5-16(17(15)19-10-18)12(2)14-8-9-14/h3-5,11-14H,6-10H2,1-2H3/t11-,12-/m1/s1. The number of hydrogen-bond acceptors (Lipinski definition) is 1. The van der Waals surface area contributed by atoms with Gasteiger partial charge in [0, 0.05) is 0 Å². The van der Waals surface area contributed by atoms with Gasteiger partial charge in [-0.15, -0.1) is 0 Å². The van der Waals surface area contributed by atoms with Crippen molar-refractivity contribution in [2.24, 2.45) is 11.8 Å². The van der Waals surface area contributed by atoms with Crippen molar-refractivity contribution < 1.29 is 4.74 Å². The molecule has 0 spiro atoms. The van der Waals surface area contributed by atoms with E-state index in [9.17, 15) is 0 Å². The molecule has 1 aromatic rings. The summed E-state index contributed by atoms with van der Waals surface area (Å²) in [6.07, 6.45) is 5.46. The maximum absolute atomic E-state index is 5.86. The number of rotatable bonds is 6. The van der Waals surface area contributed by atoms with Gasteiger partial charge in [-0.3, -0.25) is 0 Å². The molecule has 0 N–H and O–H groups in total. The monoisotopic (exact) mass is 278 g/mol. The number of hydrogen-bond donors (Lipinski definition) is 0. The quantitative estimate of drug-likeness (QED) is 0.643. The first-order valence-electron chi connectivity index (χ1n) is 7.54. The van der Waals surface area contributed by atoms with Crippen LogP contribution in [0.4, 0.5) is 0 Å². The van der Waals surface area contributed by atoms with Crippen LogP contribution >= 0.6 is 11.6 Å². The average molecular weight is 279 g/mol. The average Bonchev–Trinajstić information content (AvgIpc) is 3.31. The van der Waals surface area contributed by atoms with E-state index in [0.29, 0.717) is 11.8 Å². The molecular formula is C17H23ClO. The van der Waals surface area contributed by atoms with Gasteiger partial charge in [-0.1, -0.05) is 43.6 Å². The Morgan fingerprint density at radius 1 is 1.05 bits per heavy atom. The maximum Gasteiger partial charge on any atom is 0.162 e. The molecule has 1 nitrogen and oxygen atoms in total. The smallest absolute Gasteiger partial charge is 0.162 e. The Kier molecular flexibility index (Phi) is 3.75. The highest BCUT2D eigenvalue weighted by molar-refractivity contribution is 6.17. The lowest BCUT2D eigenvalue weighted by Crippen LogP contribution is -2.07. The van der Waals surface area contributed by atoms with Crippen LogP contribution in [0.15, 0.2) is 18.2 Å². The topological polar surface area (TPSA) is 9.23 Å². The van der Waals surface area contributed by atoms with E-state index >= 15 is 0 Å². The van der Waals surface area contributed by atoms with Gasteiger partial charge >= 0.3 is 0 Å². The third kappa shape index (κ3) is 2.76. The molecule has 2 heteroatoms. The normalized spacial score (nSPS) is 22.1. The van der Waals surface area contributed by atoms with E-state index in [1.165, 1.54) is 36.8 Å². The van der Waals surface area contributed by atoms with E-state index in [-0.39, 0.29) is 6.07 Å². The molecule has 0 radical (unpaired) electrons. The summed E-state index contributed by atoms with van der Waals surface area (Å²) in [4.78, 5) is 0. The van der Waals surface area contributed by atoms with Gasteiger partial charge in [0.2, 0.25) is 0 Å². The summed E-state index contributed by atoms with van der Waals surface area (Å²) in [5.41, 5.74) is 2.74. The molecule has 0 unspecified atom stereocenters. The lowest BCUT2D eigenvalue weighted by molar-refractivity contribution is 0.370. The predicted octanol–water partition coefficient (Wildman–Crippen LogP) is 5.29. The van der Waals surface area contributed by atoms with Gasteiger partial charge < -0.3 is 4.74 Å². The Hall–Kier alpha value is -0.690. The van der Waals surface area contributed by atoms with Crippen molar-refractivity contribution >= 4 is 11.6 Å². The number of ether oxygens (including phenoxy) is 1. The van der Waals surface area contributed by atoms with Crippen LogP contribution in [0.25, 0.3) is 0 Å². The van der Waals surface area contributed by atoms with E-state index in [1.54, 1.807) is 0 Å². The van der Waals surface area contributed by atoms with Gasteiger partial charge in [0.05, 0.1) is 0 Å². The largest absolute Gasteiger partial charge is 0.477 e.